The fourth-order valence-corrected chi connectivity index (χ4v) is 2.08. The van der Waals surface area contributed by atoms with Crippen LogP contribution in [0.1, 0.15) is 12.8 Å². The van der Waals surface area contributed by atoms with Crippen molar-refractivity contribution in [2.45, 2.75) is 12.8 Å². The summed E-state index contributed by atoms with van der Waals surface area (Å²) in [5, 5.41) is 0. The van der Waals surface area contributed by atoms with Gasteiger partial charge in [-0.25, -0.2) is 0 Å². The van der Waals surface area contributed by atoms with Crippen molar-refractivity contribution in [3.05, 3.63) is 0 Å². The zero-order chi connectivity index (χ0) is 11.4. The highest BCUT2D eigenvalue weighted by molar-refractivity contribution is 6.24. The Morgan fingerprint density at radius 2 is 1.20 bits per heavy atom. The minimum atomic E-state index is -1.43. The number of rotatable bonds is 0. The first-order valence-electron chi connectivity index (χ1n) is 4.52. The minimum absolute atomic E-state index is 0.183. The third kappa shape index (κ3) is 0.986. The van der Waals surface area contributed by atoms with Gasteiger partial charge in [-0.05, 0) is 0 Å². The molecule has 0 aromatic carbocycles. The first-order chi connectivity index (χ1) is 6.90. The number of amides is 4. The van der Waals surface area contributed by atoms with E-state index in [1.54, 1.807) is 0 Å². The van der Waals surface area contributed by atoms with Crippen LogP contribution < -0.4 is 0 Å². The van der Waals surface area contributed by atoms with Crippen molar-refractivity contribution in [1.29, 1.82) is 0 Å². The molecule has 0 bridgehead atoms. The van der Waals surface area contributed by atoms with E-state index in [0.717, 1.165) is 9.80 Å². The molecule has 0 aliphatic carbocycles. The van der Waals surface area contributed by atoms with Gasteiger partial charge in [0.05, 0.1) is 12.8 Å². The molecule has 6 nitrogen and oxygen atoms in total. The first kappa shape index (κ1) is 9.82. The van der Waals surface area contributed by atoms with Crippen molar-refractivity contribution in [2.75, 3.05) is 14.1 Å². The fourth-order valence-electron chi connectivity index (χ4n) is 2.08. The molecule has 80 valence electrons. The molecule has 2 saturated heterocycles. The molecule has 0 radical (unpaired) electrons. The van der Waals surface area contributed by atoms with E-state index in [1.165, 1.54) is 14.1 Å². The Kier molecular flexibility index (Phi) is 1.74. The van der Waals surface area contributed by atoms with Gasteiger partial charge >= 0.3 is 0 Å². The molecule has 0 aromatic rings. The number of carbonyl (C=O) groups is 4. The molecule has 0 aromatic heterocycles. The van der Waals surface area contributed by atoms with Crippen LogP contribution in [0.2, 0.25) is 0 Å². The summed E-state index contributed by atoms with van der Waals surface area (Å²) >= 11 is 0. The zero-order valence-electron chi connectivity index (χ0n) is 8.44. The van der Waals surface area contributed by atoms with Crippen molar-refractivity contribution in [1.82, 2.24) is 9.80 Å². The smallest absolute Gasteiger partial charge is 0.245 e. The number of likely N-dealkylation sites (tertiary alicyclic amines) is 2. The summed E-state index contributed by atoms with van der Waals surface area (Å²) in [6.45, 7) is 0. The van der Waals surface area contributed by atoms with Crippen molar-refractivity contribution in [2.24, 2.45) is 5.41 Å². The van der Waals surface area contributed by atoms with E-state index >= 15 is 0 Å². The molecule has 15 heavy (non-hydrogen) atoms. The molecule has 0 N–H and O–H groups in total. The molecule has 2 heterocycles. The van der Waals surface area contributed by atoms with Gasteiger partial charge in [0.15, 0.2) is 0 Å². The zero-order valence-corrected chi connectivity index (χ0v) is 8.44. The molecule has 2 fully saturated rings. The number of carbonyl (C=O) groups excluding carboxylic acids is 4. The van der Waals surface area contributed by atoms with Crippen LogP contribution in [0, 0.1) is 5.41 Å². The van der Waals surface area contributed by atoms with Crippen LogP contribution in [-0.4, -0.2) is 47.5 Å². The number of imide groups is 2. The van der Waals surface area contributed by atoms with E-state index in [9.17, 15) is 19.2 Å². The van der Waals surface area contributed by atoms with Gasteiger partial charge in [-0.15, -0.1) is 0 Å². The molecule has 2 aliphatic rings. The average Bonchev–Trinajstić information content (AvgIpc) is 2.53. The van der Waals surface area contributed by atoms with Crippen LogP contribution in [0.3, 0.4) is 0 Å². The quantitative estimate of drug-likeness (QED) is 0.370. The maximum absolute atomic E-state index is 11.7. The molecule has 0 saturated carbocycles. The predicted octanol–water partition coefficient (Wildman–Crippen LogP) is -1.25. The van der Waals surface area contributed by atoms with Gasteiger partial charge in [0.25, 0.3) is 0 Å². The van der Waals surface area contributed by atoms with E-state index < -0.39 is 29.0 Å². The molecular weight excluding hydrogens is 200 g/mol. The van der Waals surface area contributed by atoms with E-state index in [1.807, 2.05) is 0 Å². The lowest BCUT2D eigenvalue weighted by Gasteiger charge is -2.16. The summed E-state index contributed by atoms with van der Waals surface area (Å²) < 4.78 is 0. The van der Waals surface area contributed by atoms with Crippen LogP contribution in [-0.2, 0) is 19.2 Å². The maximum Gasteiger partial charge on any atom is 0.245 e. The van der Waals surface area contributed by atoms with E-state index in [0.29, 0.717) is 0 Å². The molecule has 1 spiro atoms. The Bertz CT molecular complexity index is 363. The Labute approximate surface area is 85.8 Å². The number of hydrogen-bond donors (Lipinski definition) is 0. The van der Waals surface area contributed by atoms with Gasteiger partial charge in [0, 0.05) is 14.1 Å². The van der Waals surface area contributed by atoms with Crippen molar-refractivity contribution in [3.63, 3.8) is 0 Å². The summed E-state index contributed by atoms with van der Waals surface area (Å²) in [6, 6.07) is 0. The van der Waals surface area contributed by atoms with Crippen molar-refractivity contribution < 1.29 is 19.2 Å². The Morgan fingerprint density at radius 3 is 1.40 bits per heavy atom. The highest BCUT2D eigenvalue weighted by Crippen LogP contribution is 2.41. The van der Waals surface area contributed by atoms with Crippen molar-refractivity contribution >= 4 is 23.6 Å². The minimum Gasteiger partial charge on any atom is -0.285 e. The van der Waals surface area contributed by atoms with Crippen LogP contribution in [0.4, 0.5) is 0 Å². The molecule has 6 heteroatoms. The van der Waals surface area contributed by atoms with Crippen LogP contribution in [0.25, 0.3) is 0 Å². The topological polar surface area (TPSA) is 74.8 Å². The van der Waals surface area contributed by atoms with Crippen molar-refractivity contribution in [3.8, 4) is 0 Å². The van der Waals surface area contributed by atoms with Gasteiger partial charge in [-0.2, -0.15) is 0 Å². The molecule has 0 unspecified atom stereocenters. The van der Waals surface area contributed by atoms with Gasteiger partial charge in [-0.1, -0.05) is 0 Å². The summed E-state index contributed by atoms with van der Waals surface area (Å²) in [7, 11) is 2.66. The molecule has 0 atom stereocenters. The Morgan fingerprint density at radius 1 is 0.867 bits per heavy atom. The summed E-state index contributed by atoms with van der Waals surface area (Å²) in [5.74, 6) is -1.93. The molecular formula is C9H10N2O4. The third-order valence-corrected chi connectivity index (χ3v) is 3.08. The SMILES string of the molecule is CN1C(=O)CC2(CC(=O)N(C)C2=O)C1=O. The number of hydrogen-bond acceptors (Lipinski definition) is 4. The third-order valence-electron chi connectivity index (χ3n) is 3.08. The normalized spacial score (nSPS) is 24.9. The second-order valence-electron chi connectivity index (χ2n) is 3.95. The summed E-state index contributed by atoms with van der Waals surface area (Å²) in [4.78, 5) is 48.0. The largest absolute Gasteiger partial charge is 0.285 e. The van der Waals surface area contributed by atoms with Gasteiger partial charge in [0.1, 0.15) is 5.41 Å². The summed E-state index contributed by atoms with van der Waals surface area (Å²) in [6.07, 6.45) is -0.367. The molecule has 4 amide bonds. The maximum atomic E-state index is 11.7. The molecule has 2 rings (SSSR count). The lowest BCUT2D eigenvalue weighted by atomic mass is 9.84. The second-order valence-corrected chi connectivity index (χ2v) is 3.95. The van der Waals surface area contributed by atoms with Crippen LogP contribution in [0.15, 0.2) is 0 Å². The lowest BCUT2D eigenvalue weighted by Crippen LogP contribution is -2.39. The predicted molar refractivity (Wildman–Crippen MR) is 47.2 cm³/mol. The second kappa shape index (κ2) is 2.65. The van der Waals surface area contributed by atoms with Crippen LogP contribution >= 0.6 is 0 Å². The Balaban J connectivity index is 2.46. The lowest BCUT2D eigenvalue weighted by molar-refractivity contribution is -0.146. The average molecular weight is 210 g/mol. The standard InChI is InChI=1S/C9H10N2O4/c1-10-5(12)3-9(7(10)14)4-6(13)11(2)8(9)15/h3-4H2,1-2H3. The highest BCUT2D eigenvalue weighted by Gasteiger charge is 2.62. The summed E-state index contributed by atoms with van der Waals surface area (Å²) in [5.41, 5.74) is -1.43. The highest BCUT2D eigenvalue weighted by atomic mass is 16.2. The van der Waals surface area contributed by atoms with Gasteiger partial charge in [0.2, 0.25) is 23.6 Å². The molecule has 2 aliphatic heterocycles. The first-order valence-corrected chi connectivity index (χ1v) is 4.52. The van der Waals surface area contributed by atoms with Crippen LogP contribution in [0.5, 0.6) is 0 Å². The van der Waals surface area contributed by atoms with E-state index in [-0.39, 0.29) is 12.8 Å². The monoisotopic (exact) mass is 210 g/mol. The van der Waals surface area contributed by atoms with E-state index in [4.69, 9.17) is 0 Å². The Hall–Kier alpha value is -1.72. The van der Waals surface area contributed by atoms with Gasteiger partial charge < -0.3 is 0 Å². The van der Waals surface area contributed by atoms with Gasteiger partial charge in [-0.3, -0.25) is 29.0 Å². The fraction of sp³-hybridized carbons (Fsp3) is 0.556. The van der Waals surface area contributed by atoms with E-state index in [2.05, 4.69) is 0 Å². The number of nitrogens with zero attached hydrogens (tertiary/aromatic N) is 2.